The average Bonchev–Trinajstić information content (AvgIpc) is 2.44. The number of urea groups is 1. The van der Waals surface area contributed by atoms with E-state index in [9.17, 15) is 14.4 Å². The number of nitrogens with zero attached hydrogens (tertiary/aromatic N) is 1. The molecule has 0 spiro atoms. The van der Waals surface area contributed by atoms with E-state index in [0.717, 1.165) is 5.56 Å². The number of nitrogens with two attached hydrogens (primary N) is 1. The van der Waals surface area contributed by atoms with Gasteiger partial charge in [-0.15, -0.1) is 0 Å². The van der Waals surface area contributed by atoms with E-state index in [-0.39, 0.29) is 0 Å². The minimum Gasteiger partial charge on any atom is -0.480 e. The summed E-state index contributed by atoms with van der Waals surface area (Å²) in [4.78, 5) is 34.9. The van der Waals surface area contributed by atoms with Gasteiger partial charge in [0.2, 0.25) is 5.91 Å². The molecule has 0 aliphatic carbocycles. The second kappa shape index (κ2) is 7.88. The largest absolute Gasteiger partial charge is 0.480 e. The van der Waals surface area contributed by atoms with Crippen LogP contribution in [-0.2, 0) is 16.0 Å². The van der Waals surface area contributed by atoms with Gasteiger partial charge in [-0.2, -0.15) is 0 Å². The van der Waals surface area contributed by atoms with Gasteiger partial charge in [-0.05, 0) is 12.0 Å². The maximum Gasteiger partial charge on any atom is 0.326 e. The Balaban J connectivity index is 2.49. The summed E-state index contributed by atoms with van der Waals surface area (Å²) in [7, 11) is 1.56. The molecule has 0 aliphatic heterocycles. The monoisotopic (exact) mass is 293 g/mol. The number of carbonyl (C=O) groups is 3. The van der Waals surface area contributed by atoms with E-state index in [2.05, 4.69) is 5.32 Å². The number of carboxylic acids is 1. The van der Waals surface area contributed by atoms with Crippen LogP contribution >= 0.6 is 0 Å². The molecule has 0 heterocycles. The quantitative estimate of drug-likeness (QED) is 0.666. The molecular formula is C14H19N3O4. The number of likely N-dealkylation sites (N-methyl/N-ethyl adjacent to an activating group) is 1. The number of amides is 3. The molecule has 0 radical (unpaired) electrons. The molecule has 114 valence electrons. The maximum atomic E-state index is 11.9. The van der Waals surface area contributed by atoms with E-state index in [0.29, 0.717) is 13.0 Å². The van der Waals surface area contributed by atoms with Crippen molar-refractivity contribution in [3.8, 4) is 0 Å². The fraction of sp³-hybridized carbons (Fsp3) is 0.357. The smallest absolute Gasteiger partial charge is 0.326 e. The number of aliphatic carboxylic acids is 1. The summed E-state index contributed by atoms with van der Waals surface area (Å²) in [5.74, 6) is -2.08. The molecule has 21 heavy (non-hydrogen) atoms. The lowest BCUT2D eigenvalue weighted by Crippen LogP contribution is -2.48. The van der Waals surface area contributed by atoms with Crippen molar-refractivity contribution in [1.29, 1.82) is 0 Å². The molecule has 3 amide bonds. The Morgan fingerprint density at radius 3 is 2.43 bits per heavy atom. The van der Waals surface area contributed by atoms with Gasteiger partial charge in [0.05, 0.1) is 6.42 Å². The van der Waals surface area contributed by atoms with E-state index in [4.69, 9.17) is 10.8 Å². The molecule has 1 aromatic carbocycles. The van der Waals surface area contributed by atoms with Crippen LogP contribution in [-0.4, -0.2) is 47.5 Å². The normalized spacial score (nSPS) is 11.5. The van der Waals surface area contributed by atoms with Gasteiger partial charge in [-0.25, -0.2) is 9.59 Å². The Kier molecular flexibility index (Phi) is 6.19. The van der Waals surface area contributed by atoms with Crippen molar-refractivity contribution in [2.45, 2.75) is 18.9 Å². The molecule has 7 heteroatoms. The van der Waals surface area contributed by atoms with E-state index in [1.165, 1.54) is 4.90 Å². The van der Waals surface area contributed by atoms with Crippen molar-refractivity contribution in [3.63, 3.8) is 0 Å². The molecule has 0 aromatic heterocycles. The van der Waals surface area contributed by atoms with E-state index < -0.39 is 30.4 Å². The zero-order valence-corrected chi connectivity index (χ0v) is 11.8. The van der Waals surface area contributed by atoms with Gasteiger partial charge in [-0.3, -0.25) is 4.79 Å². The van der Waals surface area contributed by atoms with Crippen molar-refractivity contribution < 1.29 is 19.5 Å². The lowest BCUT2D eigenvalue weighted by atomic mass is 10.1. The molecule has 0 saturated carbocycles. The Bertz CT molecular complexity index is 504. The molecule has 0 aliphatic rings. The second-order valence-electron chi connectivity index (χ2n) is 4.67. The van der Waals surface area contributed by atoms with Crippen LogP contribution in [0.25, 0.3) is 0 Å². The fourth-order valence-electron chi connectivity index (χ4n) is 1.70. The van der Waals surface area contributed by atoms with Crippen LogP contribution < -0.4 is 11.1 Å². The first kappa shape index (κ1) is 16.5. The molecule has 4 N–H and O–H groups in total. The van der Waals surface area contributed by atoms with Crippen LogP contribution in [0.4, 0.5) is 4.79 Å². The lowest BCUT2D eigenvalue weighted by molar-refractivity contribution is -0.140. The first-order valence-electron chi connectivity index (χ1n) is 6.47. The van der Waals surface area contributed by atoms with Crippen molar-refractivity contribution >= 4 is 17.9 Å². The average molecular weight is 293 g/mol. The topological polar surface area (TPSA) is 113 Å². The summed E-state index contributed by atoms with van der Waals surface area (Å²) in [6.45, 7) is 0.429. The minimum atomic E-state index is -1.31. The standard InChI is InChI=1S/C14H19N3O4/c1-17(8-7-10-5-3-2-4-6-10)14(21)16-11(13(19)20)9-12(15)18/h2-6,11H,7-9H2,1H3,(H2,15,18)(H,16,21)(H,19,20)/t11-/m1/s1. The molecule has 0 unspecified atom stereocenters. The molecule has 0 fully saturated rings. The second-order valence-corrected chi connectivity index (χ2v) is 4.67. The Morgan fingerprint density at radius 1 is 1.29 bits per heavy atom. The van der Waals surface area contributed by atoms with E-state index in [1.54, 1.807) is 7.05 Å². The third kappa shape index (κ3) is 5.94. The molecule has 1 aromatic rings. The summed E-state index contributed by atoms with van der Waals surface area (Å²) in [6.07, 6.45) is 0.214. The number of carbonyl (C=O) groups excluding carboxylic acids is 2. The van der Waals surface area contributed by atoms with Crippen LogP contribution in [0.2, 0.25) is 0 Å². The zero-order chi connectivity index (χ0) is 15.8. The molecular weight excluding hydrogens is 274 g/mol. The third-order valence-electron chi connectivity index (χ3n) is 2.93. The minimum absolute atomic E-state index is 0.429. The summed E-state index contributed by atoms with van der Waals surface area (Å²) >= 11 is 0. The lowest BCUT2D eigenvalue weighted by Gasteiger charge is -2.20. The number of benzene rings is 1. The van der Waals surface area contributed by atoms with Gasteiger partial charge in [-0.1, -0.05) is 30.3 Å². The third-order valence-corrected chi connectivity index (χ3v) is 2.93. The molecule has 1 rings (SSSR count). The summed E-state index contributed by atoms with van der Waals surface area (Å²) in [5.41, 5.74) is 6.02. The van der Waals surface area contributed by atoms with E-state index >= 15 is 0 Å². The van der Waals surface area contributed by atoms with E-state index in [1.807, 2.05) is 30.3 Å². The van der Waals surface area contributed by atoms with Crippen LogP contribution in [0.3, 0.4) is 0 Å². The maximum absolute atomic E-state index is 11.9. The van der Waals surface area contributed by atoms with Crippen molar-refractivity contribution in [3.05, 3.63) is 35.9 Å². The van der Waals surface area contributed by atoms with Crippen LogP contribution in [0.15, 0.2) is 30.3 Å². The molecule has 0 saturated heterocycles. The summed E-state index contributed by atoms with van der Waals surface area (Å²) < 4.78 is 0. The molecule has 0 bridgehead atoms. The highest BCUT2D eigenvalue weighted by molar-refractivity contribution is 5.87. The van der Waals surface area contributed by atoms with Gasteiger partial charge in [0, 0.05) is 13.6 Å². The molecule has 7 nitrogen and oxygen atoms in total. The van der Waals surface area contributed by atoms with Crippen molar-refractivity contribution in [2.24, 2.45) is 5.73 Å². The van der Waals surface area contributed by atoms with Gasteiger partial charge in [0.15, 0.2) is 0 Å². The first-order valence-corrected chi connectivity index (χ1v) is 6.47. The van der Waals surface area contributed by atoms with Crippen LogP contribution in [0.5, 0.6) is 0 Å². The van der Waals surface area contributed by atoms with Crippen molar-refractivity contribution in [2.75, 3.05) is 13.6 Å². The Labute approximate surface area is 122 Å². The summed E-state index contributed by atoms with van der Waals surface area (Å²) in [6, 6.07) is 7.73. The van der Waals surface area contributed by atoms with Crippen LogP contribution in [0, 0.1) is 0 Å². The number of hydrogen-bond donors (Lipinski definition) is 3. The SMILES string of the molecule is CN(CCc1ccccc1)C(=O)N[C@H](CC(N)=O)C(=O)O. The van der Waals surface area contributed by atoms with Crippen molar-refractivity contribution in [1.82, 2.24) is 10.2 Å². The number of nitrogens with one attached hydrogen (secondary N) is 1. The van der Waals surface area contributed by atoms with Crippen LogP contribution in [0.1, 0.15) is 12.0 Å². The van der Waals surface area contributed by atoms with Gasteiger partial charge < -0.3 is 21.1 Å². The van der Waals surface area contributed by atoms with Gasteiger partial charge in [0.25, 0.3) is 0 Å². The number of carboxylic acid groups (broad SMARTS) is 1. The first-order chi connectivity index (χ1) is 9.90. The fourth-order valence-corrected chi connectivity index (χ4v) is 1.70. The summed E-state index contributed by atoms with van der Waals surface area (Å²) in [5, 5.41) is 11.2. The number of hydrogen-bond acceptors (Lipinski definition) is 3. The highest BCUT2D eigenvalue weighted by atomic mass is 16.4. The Hall–Kier alpha value is -2.57. The number of rotatable bonds is 7. The highest BCUT2D eigenvalue weighted by Crippen LogP contribution is 2.01. The van der Waals surface area contributed by atoms with Gasteiger partial charge in [0.1, 0.15) is 6.04 Å². The zero-order valence-electron chi connectivity index (χ0n) is 11.8. The highest BCUT2D eigenvalue weighted by Gasteiger charge is 2.23. The predicted octanol–water partition coefficient (Wildman–Crippen LogP) is 0.199. The number of primary amides is 1. The molecule has 1 atom stereocenters. The van der Waals surface area contributed by atoms with Gasteiger partial charge >= 0.3 is 12.0 Å². The predicted molar refractivity (Wildman–Crippen MR) is 76.5 cm³/mol. The Morgan fingerprint density at radius 2 is 1.90 bits per heavy atom.